The van der Waals surface area contributed by atoms with Crippen LogP contribution in [-0.2, 0) is 28.2 Å². The molecular weight excluding hydrogens is 687 g/mol. The number of benzene rings is 4. The third kappa shape index (κ3) is 6.90. The van der Waals surface area contributed by atoms with Crippen LogP contribution in [0.5, 0.6) is 5.75 Å². The summed E-state index contributed by atoms with van der Waals surface area (Å²) in [4.78, 5) is 41.4. The van der Waals surface area contributed by atoms with Crippen LogP contribution in [0.25, 0.3) is 0 Å². The maximum Gasteiger partial charge on any atom is 0.264 e. The zero-order valence-electron chi connectivity index (χ0n) is 30.3. The molecule has 3 heterocycles. The lowest BCUT2D eigenvalue weighted by Crippen LogP contribution is -2.46. The molecule has 53 heavy (non-hydrogen) atoms. The normalized spacial score (nSPS) is 21.5. The molecule has 2 amide bonds. The molecule has 3 N–H and O–H groups in total. The number of nitrogens with one attached hydrogen (secondary N) is 1. The average Bonchev–Trinajstić information content (AvgIpc) is 3.82. The topological polar surface area (TPSA) is 139 Å². The number of nitrogens with zero attached hydrogens (tertiary/aromatic N) is 4. The molecule has 5 atom stereocenters. The first-order valence-corrected chi connectivity index (χ1v) is 21.0. The van der Waals surface area contributed by atoms with Crippen molar-refractivity contribution in [1.82, 2.24) is 15.0 Å². The van der Waals surface area contributed by atoms with Crippen LogP contribution in [0.2, 0.25) is 18.6 Å². The predicted octanol–water partition coefficient (Wildman–Crippen LogP) is 6.10. The maximum absolute atomic E-state index is 15.0. The third-order valence-electron chi connectivity index (χ3n) is 10.7. The van der Waals surface area contributed by atoms with Crippen LogP contribution in [0, 0.1) is 5.92 Å². The first kappa shape index (κ1) is 36.2. The average molecular weight is 732 g/mol. The zero-order chi connectivity index (χ0) is 37.3. The fraction of sp³-hybridized carbons (Fsp3) is 0.317. The second kappa shape index (κ2) is 14.7. The number of amides is 2. The van der Waals surface area contributed by atoms with Gasteiger partial charge in [-0.2, -0.15) is 0 Å². The van der Waals surface area contributed by atoms with Gasteiger partial charge in [0.05, 0.1) is 43.7 Å². The smallest absolute Gasteiger partial charge is 0.264 e. The number of methoxy groups -OCH3 is 1. The molecule has 274 valence electrons. The van der Waals surface area contributed by atoms with Gasteiger partial charge in [0.2, 0.25) is 0 Å². The fourth-order valence-corrected chi connectivity index (χ4v) is 10.8. The number of ether oxygens (including phenoxy) is 2. The van der Waals surface area contributed by atoms with Gasteiger partial charge in [-0.05, 0) is 73.1 Å². The SMILES string of the molecule is COc1ccc2c(c1)[C@@]1(O[C@H](CCn3cc(C(CO)c4ccccc4)nn3)[C@@H]([Si](C)(C)O)[C@@H]1C)C(=O)N2Cc1cccc(NC(=O)c2ccccc2)c1. The molecule has 5 aromatic rings. The van der Waals surface area contributed by atoms with E-state index in [4.69, 9.17) is 9.47 Å². The van der Waals surface area contributed by atoms with Crippen molar-refractivity contribution in [3.8, 4) is 5.75 Å². The molecule has 1 spiro atoms. The van der Waals surface area contributed by atoms with Crippen molar-refractivity contribution in [3.63, 3.8) is 0 Å². The molecule has 1 unspecified atom stereocenters. The minimum atomic E-state index is -2.91. The van der Waals surface area contributed by atoms with Gasteiger partial charge in [0.25, 0.3) is 11.8 Å². The van der Waals surface area contributed by atoms with E-state index in [-0.39, 0.29) is 42.3 Å². The lowest BCUT2D eigenvalue weighted by atomic mass is 9.82. The summed E-state index contributed by atoms with van der Waals surface area (Å²) in [5.74, 6) is -0.478. The first-order valence-electron chi connectivity index (χ1n) is 17.9. The highest BCUT2D eigenvalue weighted by Gasteiger charge is 2.66. The number of fused-ring (bicyclic) bond motifs is 2. The molecule has 0 saturated carbocycles. The Bertz CT molecular complexity index is 2090. The van der Waals surface area contributed by atoms with Gasteiger partial charge in [0, 0.05) is 41.0 Å². The lowest BCUT2D eigenvalue weighted by molar-refractivity contribution is -0.146. The number of aliphatic hydroxyl groups excluding tert-OH is 1. The van der Waals surface area contributed by atoms with Crippen LogP contribution < -0.4 is 15.0 Å². The maximum atomic E-state index is 15.0. The van der Waals surface area contributed by atoms with E-state index in [1.165, 1.54) is 0 Å². The lowest BCUT2D eigenvalue weighted by Gasteiger charge is -2.32. The number of carbonyl (C=O) groups excluding carboxylic acids is 2. The molecule has 1 saturated heterocycles. The molecule has 11 nitrogen and oxygen atoms in total. The van der Waals surface area contributed by atoms with Crippen molar-refractivity contribution in [2.24, 2.45) is 5.92 Å². The predicted molar refractivity (Wildman–Crippen MR) is 204 cm³/mol. The van der Waals surface area contributed by atoms with Gasteiger partial charge >= 0.3 is 0 Å². The monoisotopic (exact) mass is 731 g/mol. The van der Waals surface area contributed by atoms with Gasteiger partial charge in [0.15, 0.2) is 13.9 Å². The standard InChI is InChI=1S/C41H45N5O6Si/c1-27-38(53(3,4)50)37(20-21-45-25-35(43-44-45)33(26-47)29-13-7-5-8-14-29)52-41(27)34-23-32(51-2)18-19-36(34)46(40(41)49)24-28-12-11-17-31(22-28)42-39(48)30-15-9-6-10-16-30/h5-19,22-23,25,27,33,37-38,47,50H,20-21,24,26H2,1-4H3,(H,42,48)/t27-,33?,37+,38-,41+/m0/s1. The quantitative estimate of drug-likeness (QED) is 0.131. The number of anilines is 2. The minimum absolute atomic E-state index is 0.102. The Morgan fingerprint density at radius 2 is 1.75 bits per heavy atom. The molecular formula is C41H45N5O6Si. The minimum Gasteiger partial charge on any atom is -0.497 e. The van der Waals surface area contributed by atoms with Crippen LogP contribution in [-0.4, -0.2) is 64.8 Å². The van der Waals surface area contributed by atoms with E-state index in [9.17, 15) is 19.5 Å². The summed E-state index contributed by atoms with van der Waals surface area (Å²) < 4.78 is 14.4. The number of aryl methyl sites for hydroxylation is 1. The second-order valence-corrected chi connectivity index (χ2v) is 18.5. The Balaban J connectivity index is 1.16. The molecule has 12 heteroatoms. The van der Waals surface area contributed by atoms with Crippen LogP contribution in [0.1, 0.15) is 52.0 Å². The molecule has 1 aromatic heterocycles. The highest BCUT2D eigenvalue weighted by Crippen LogP contribution is 2.60. The first-order chi connectivity index (χ1) is 25.5. The molecule has 7 rings (SSSR count). The Kier molecular flexibility index (Phi) is 10.1. The van der Waals surface area contributed by atoms with Gasteiger partial charge in [-0.15, -0.1) is 5.10 Å². The Morgan fingerprint density at radius 1 is 1.02 bits per heavy atom. The summed E-state index contributed by atoms with van der Waals surface area (Å²) in [7, 11) is -1.32. The number of carbonyl (C=O) groups is 2. The van der Waals surface area contributed by atoms with Gasteiger partial charge < -0.3 is 29.6 Å². The number of hydrogen-bond donors (Lipinski definition) is 3. The fourth-order valence-electron chi connectivity index (χ4n) is 8.23. The van der Waals surface area contributed by atoms with E-state index in [2.05, 4.69) is 15.6 Å². The van der Waals surface area contributed by atoms with E-state index in [1.807, 2.05) is 117 Å². The summed E-state index contributed by atoms with van der Waals surface area (Å²) in [6.07, 6.45) is 1.88. The Labute approximate surface area is 310 Å². The van der Waals surface area contributed by atoms with E-state index in [1.54, 1.807) is 28.8 Å². The largest absolute Gasteiger partial charge is 0.497 e. The molecule has 1 fully saturated rings. The number of rotatable bonds is 12. The number of aromatic nitrogens is 3. The Morgan fingerprint density at radius 3 is 2.45 bits per heavy atom. The van der Waals surface area contributed by atoms with Gasteiger partial charge in [-0.3, -0.25) is 14.3 Å². The molecule has 4 aromatic carbocycles. The van der Waals surface area contributed by atoms with Crippen molar-refractivity contribution in [2.45, 2.75) is 62.7 Å². The number of aliphatic hydroxyl groups is 1. The Hall–Kier alpha value is -5.14. The summed E-state index contributed by atoms with van der Waals surface area (Å²) >= 11 is 0. The van der Waals surface area contributed by atoms with Crippen molar-refractivity contribution >= 4 is 31.5 Å². The molecule has 2 aliphatic rings. The highest BCUT2D eigenvalue weighted by molar-refractivity contribution is 6.71. The number of hydrogen-bond acceptors (Lipinski definition) is 8. The van der Waals surface area contributed by atoms with E-state index in [0.29, 0.717) is 41.2 Å². The molecule has 2 aliphatic heterocycles. The third-order valence-corrected chi connectivity index (χ3v) is 13.2. The summed E-state index contributed by atoms with van der Waals surface area (Å²) in [5.41, 5.74) is 3.42. The molecule has 0 aliphatic carbocycles. The van der Waals surface area contributed by atoms with Crippen molar-refractivity contribution in [3.05, 3.63) is 137 Å². The second-order valence-electron chi connectivity index (χ2n) is 14.5. The summed E-state index contributed by atoms with van der Waals surface area (Å²) in [6.45, 7) is 6.41. The van der Waals surface area contributed by atoms with Gasteiger partial charge in [0.1, 0.15) is 5.75 Å². The highest BCUT2D eigenvalue weighted by atomic mass is 28.4. The van der Waals surface area contributed by atoms with Crippen LogP contribution in [0.3, 0.4) is 0 Å². The summed E-state index contributed by atoms with van der Waals surface area (Å²) in [6, 6.07) is 31.8. The van der Waals surface area contributed by atoms with Crippen LogP contribution >= 0.6 is 0 Å². The zero-order valence-corrected chi connectivity index (χ0v) is 31.3. The molecule has 0 bridgehead atoms. The van der Waals surface area contributed by atoms with E-state index >= 15 is 0 Å². The molecule has 0 radical (unpaired) electrons. The van der Waals surface area contributed by atoms with Gasteiger partial charge in [-0.1, -0.05) is 72.8 Å². The van der Waals surface area contributed by atoms with Crippen molar-refractivity contribution < 1.29 is 29.0 Å². The van der Waals surface area contributed by atoms with Crippen molar-refractivity contribution in [2.75, 3.05) is 23.9 Å². The van der Waals surface area contributed by atoms with Gasteiger partial charge in [-0.25, -0.2) is 0 Å². The van der Waals surface area contributed by atoms with Crippen molar-refractivity contribution in [1.29, 1.82) is 0 Å². The summed E-state index contributed by atoms with van der Waals surface area (Å²) in [5, 5.41) is 21.9. The van der Waals surface area contributed by atoms with E-state index < -0.39 is 20.0 Å². The van der Waals surface area contributed by atoms with Crippen LogP contribution in [0.4, 0.5) is 11.4 Å². The van der Waals surface area contributed by atoms with Crippen LogP contribution in [0.15, 0.2) is 109 Å². The van der Waals surface area contributed by atoms with E-state index in [0.717, 1.165) is 16.8 Å².